The number of imidazole rings is 1. The Kier molecular flexibility index (Phi) is 3.39. The molecule has 3 atom stereocenters. The van der Waals surface area contributed by atoms with Crippen molar-refractivity contribution in [3.63, 3.8) is 0 Å². The van der Waals surface area contributed by atoms with Crippen molar-refractivity contribution in [3.8, 4) is 0 Å². The Bertz CT molecular complexity index is 466. The fraction of sp³-hybridized carbons (Fsp3) is 0.364. The summed E-state index contributed by atoms with van der Waals surface area (Å²) < 4.78 is 0. The summed E-state index contributed by atoms with van der Waals surface area (Å²) in [7, 11) is 0. The van der Waals surface area contributed by atoms with E-state index in [0.29, 0.717) is 5.52 Å². The number of aliphatic hydroxyl groups excluding tert-OH is 4. The van der Waals surface area contributed by atoms with Crippen LogP contribution in [0.25, 0.3) is 11.0 Å². The third kappa shape index (κ3) is 2.29. The highest BCUT2D eigenvalue weighted by molar-refractivity contribution is 5.74. The molecule has 1 heterocycles. The van der Waals surface area contributed by atoms with Gasteiger partial charge in [-0.15, -0.1) is 0 Å². The van der Waals surface area contributed by atoms with Crippen molar-refractivity contribution in [1.29, 1.82) is 0 Å². The lowest BCUT2D eigenvalue weighted by atomic mass is 10.1. The van der Waals surface area contributed by atoms with E-state index in [2.05, 4.69) is 9.97 Å². The second-order valence-corrected chi connectivity index (χ2v) is 3.82. The lowest BCUT2D eigenvalue weighted by molar-refractivity contribution is -0.0800. The Labute approximate surface area is 97.2 Å². The lowest BCUT2D eigenvalue weighted by Gasteiger charge is -2.19. The van der Waals surface area contributed by atoms with Crippen LogP contribution in [0.5, 0.6) is 0 Å². The maximum Gasteiger partial charge on any atom is 0.140 e. The maximum absolute atomic E-state index is 9.78. The van der Waals surface area contributed by atoms with Gasteiger partial charge in [-0.2, -0.15) is 0 Å². The standard InChI is InChI=1S/C11H14N2O4/c14-5-8(15)9(16)10(17)11-12-6-3-1-2-4-7(6)13-11/h1-4,8-10,14-17H,5H2,(H,12,13)/t8-,9+,10-/m1/s1. The predicted molar refractivity (Wildman–Crippen MR) is 60.2 cm³/mol. The van der Waals surface area contributed by atoms with Crippen molar-refractivity contribution in [2.24, 2.45) is 0 Å². The number of nitrogens with zero attached hydrogens (tertiary/aromatic N) is 1. The summed E-state index contributed by atoms with van der Waals surface area (Å²) in [6.45, 7) is -0.627. The van der Waals surface area contributed by atoms with E-state index in [9.17, 15) is 15.3 Å². The van der Waals surface area contributed by atoms with Crippen molar-refractivity contribution >= 4 is 11.0 Å². The molecule has 0 unspecified atom stereocenters. The second kappa shape index (κ2) is 4.80. The zero-order valence-corrected chi connectivity index (χ0v) is 8.98. The molecule has 0 aliphatic rings. The molecule has 1 aromatic carbocycles. The van der Waals surface area contributed by atoms with E-state index >= 15 is 0 Å². The minimum Gasteiger partial charge on any atom is -0.394 e. The van der Waals surface area contributed by atoms with E-state index in [0.717, 1.165) is 5.52 Å². The number of H-pyrrole nitrogens is 1. The number of nitrogens with one attached hydrogen (secondary N) is 1. The van der Waals surface area contributed by atoms with Crippen LogP contribution in [0, 0.1) is 0 Å². The number of fused-ring (bicyclic) bond motifs is 1. The first-order valence-electron chi connectivity index (χ1n) is 5.23. The summed E-state index contributed by atoms with van der Waals surface area (Å²) in [4.78, 5) is 6.93. The molecule has 6 heteroatoms. The Hall–Kier alpha value is -1.47. The van der Waals surface area contributed by atoms with Gasteiger partial charge in [-0.25, -0.2) is 4.98 Å². The molecule has 0 saturated heterocycles. The van der Waals surface area contributed by atoms with Crippen molar-refractivity contribution in [3.05, 3.63) is 30.1 Å². The van der Waals surface area contributed by atoms with Gasteiger partial charge in [-0.3, -0.25) is 0 Å². The Morgan fingerprint density at radius 2 is 1.88 bits per heavy atom. The number of rotatable bonds is 4. The van der Waals surface area contributed by atoms with Crippen LogP contribution in [0.15, 0.2) is 24.3 Å². The lowest BCUT2D eigenvalue weighted by Crippen LogP contribution is -2.35. The first-order chi connectivity index (χ1) is 8.13. The monoisotopic (exact) mass is 238 g/mol. The van der Waals surface area contributed by atoms with Gasteiger partial charge in [0.15, 0.2) is 0 Å². The van der Waals surface area contributed by atoms with E-state index in [1.54, 1.807) is 18.2 Å². The largest absolute Gasteiger partial charge is 0.394 e. The molecule has 2 aromatic rings. The van der Waals surface area contributed by atoms with Gasteiger partial charge in [0, 0.05) is 0 Å². The average molecular weight is 238 g/mol. The van der Waals surface area contributed by atoms with Crippen molar-refractivity contribution < 1.29 is 20.4 Å². The Morgan fingerprint density at radius 1 is 1.18 bits per heavy atom. The van der Waals surface area contributed by atoms with Crippen LogP contribution in [0.1, 0.15) is 11.9 Å². The van der Waals surface area contributed by atoms with Gasteiger partial charge in [0.05, 0.1) is 17.6 Å². The van der Waals surface area contributed by atoms with Crippen molar-refractivity contribution in [2.75, 3.05) is 6.61 Å². The SMILES string of the molecule is OC[C@@H](O)[C@H](O)[C@@H](O)c1nc2ccccc2[nH]1. The quantitative estimate of drug-likeness (QED) is 0.484. The fourth-order valence-electron chi connectivity index (χ4n) is 1.59. The van der Waals surface area contributed by atoms with Crippen LogP contribution >= 0.6 is 0 Å². The minimum atomic E-state index is -1.49. The van der Waals surface area contributed by atoms with Crippen molar-refractivity contribution in [2.45, 2.75) is 18.3 Å². The molecule has 0 spiro atoms. The highest BCUT2D eigenvalue weighted by Crippen LogP contribution is 2.19. The fourth-order valence-corrected chi connectivity index (χ4v) is 1.59. The van der Waals surface area contributed by atoms with E-state index in [1.807, 2.05) is 6.07 Å². The molecular formula is C11H14N2O4. The van der Waals surface area contributed by atoms with Crippen LogP contribution < -0.4 is 0 Å². The molecule has 92 valence electrons. The molecule has 0 aliphatic carbocycles. The van der Waals surface area contributed by atoms with Gasteiger partial charge in [-0.1, -0.05) is 12.1 Å². The van der Waals surface area contributed by atoms with E-state index in [4.69, 9.17) is 5.11 Å². The highest BCUT2D eigenvalue weighted by Gasteiger charge is 2.27. The molecule has 0 saturated carbocycles. The summed E-state index contributed by atoms with van der Waals surface area (Å²) in [5.74, 6) is 0.159. The normalized spacial score (nSPS) is 16.9. The summed E-state index contributed by atoms with van der Waals surface area (Å²) in [5, 5.41) is 37.2. The van der Waals surface area contributed by atoms with E-state index in [1.165, 1.54) is 0 Å². The van der Waals surface area contributed by atoms with Gasteiger partial charge >= 0.3 is 0 Å². The first kappa shape index (κ1) is 12.0. The number of hydrogen-bond donors (Lipinski definition) is 5. The van der Waals surface area contributed by atoms with Crippen LogP contribution in [0.2, 0.25) is 0 Å². The average Bonchev–Trinajstić information content (AvgIpc) is 2.79. The number of aromatic amines is 1. The number of aliphatic hydroxyl groups is 4. The van der Waals surface area contributed by atoms with Gasteiger partial charge < -0.3 is 25.4 Å². The molecule has 0 fully saturated rings. The molecule has 6 nitrogen and oxygen atoms in total. The molecular weight excluding hydrogens is 224 g/mol. The molecule has 0 bridgehead atoms. The highest BCUT2D eigenvalue weighted by atomic mass is 16.4. The van der Waals surface area contributed by atoms with E-state index < -0.39 is 24.9 Å². The zero-order chi connectivity index (χ0) is 12.4. The number of aromatic nitrogens is 2. The number of hydrogen-bond acceptors (Lipinski definition) is 5. The molecule has 0 amide bonds. The third-order valence-electron chi connectivity index (χ3n) is 2.59. The second-order valence-electron chi connectivity index (χ2n) is 3.82. The van der Waals surface area contributed by atoms with E-state index in [-0.39, 0.29) is 5.82 Å². The summed E-state index contributed by atoms with van der Waals surface area (Å²) >= 11 is 0. The molecule has 5 N–H and O–H groups in total. The number of para-hydroxylation sites is 2. The van der Waals surface area contributed by atoms with Crippen LogP contribution in [0.3, 0.4) is 0 Å². The summed E-state index contributed by atoms with van der Waals surface area (Å²) in [5.41, 5.74) is 1.39. The maximum atomic E-state index is 9.78. The summed E-state index contributed by atoms with van der Waals surface area (Å²) in [6, 6.07) is 7.16. The summed E-state index contributed by atoms with van der Waals surface area (Å²) in [6.07, 6.45) is -4.26. The minimum absolute atomic E-state index is 0.159. The molecule has 1 aromatic heterocycles. The third-order valence-corrected chi connectivity index (χ3v) is 2.59. The molecule has 17 heavy (non-hydrogen) atoms. The predicted octanol–water partition coefficient (Wildman–Crippen LogP) is -0.690. The number of benzene rings is 1. The zero-order valence-electron chi connectivity index (χ0n) is 8.98. The molecule has 2 rings (SSSR count). The molecule has 0 aliphatic heterocycles. The van der Waals surface area contributed by atoms with Gasteiger partial charge in [0.25, 0.3) is 0 Å². The van der Waals surface area contributed by atoms with Crippen LogP contribution in [-0.2, 0) is 0 Å². The molecule has 0 radical (unpaired) electrons. The van der Waals surface area contributed by atoms with Crippen molar-refractivity contribution in [1.82, 2.24) is 9.97 Å². The Morgan fingerprint density at radius 3 is 2.53 bits per heavy atom. The van der Waals surface area contributed by atoms with Crippen LogP contribution in [0.4, 0.5) is 0 Å². The smallest absolute Gasteiger partial charge is 0.140 e. The van der Waals surface area contributed by atoms with Crippen LogP contribution in [-0.4, -0.2) is 49.2 Å². The van der Waals surface area contributed by atoms with Gasteiger partial charge in [0.1, 0.15) is 24.1 Å². The van der Waals surface area contributed by atoms with Gasteiger partial charge in [-0.05, 0) is 12.1 Å². The first-order valence-corrected chi connectivity index (χ1v) is 5.23. The Balaban J connectivity index is 2.27. The topological polar surface area (TPSA) is 110 Å². The van der Waals surface area contributed by atoms with Gasteiger partial charge in [0.2, 0.25) is 0 Å².